The van der Waals surface area contributed by atoms with Crippen LogP contribution in [0.15, 0.2) is 47.6 Å². The molecule has 0 unspecified atom stereocenters. The number of nitrogens with zero attached hydrogens (tertiary/aromatic N) is 3. The van der Waals surface area contributed by atoms with Gasteiger partial charge in [-0.2, -0.15) is 0 Å². The molecule has 0 spiro atoms. The van der Waals surface area contributed by atoms with E-state index < -0.39 is 0 Å². The Morgan fingerprint density at radius 1 is 1.03 bits per heavy atom. The summed E-state index contributed by atoms with van der Waals surface area (Å²) in [5.41, 5.74) is 3.48. The third-order valence-electron chi connectivity index (χ3n) is 4.70. The van der Waals surface area contributed by atoms with Gasteiger partial charge >= 0.3 is 0 Å². The lowest BCUT2D eigenvalue weighted by atomic mass is 10.1. The number of nitrogens with one attached hydrogen (secondary N) is 2. The second-order valence-electron chi connectivity index (χ2n) is 7.27. The van der Waals surface area contributed by atoms with Crippen molar-refractivity contribution in [2.45, 2.75) is 32.3 Å². The van der Waals surface area contributed by atoms with E-state index in [1.165, 1.54) is 11.8 Å². The highest BCUT2D eigenvalue weighted by molar-refractivity contribution is 7.99. The summed E-state index contributed by atoms with van der Waals surface area (Å²) < 4.78 is 7.26. The van der Waals surface area contributed by atoms with Gasteiger partial charge in [-0.1, -0.05) is 36.0 Å². The van der Waals surface area contributed by atoms with E-state index in [-0.39, 0.29) is 24.0 Å². The maximum absolute atomic E-state index is 12.5. The number of anilines is 2. The number of amides is 2. The van der Waals surface area contributed by atoms with Crippen LogP contribution < -0.4 is 15.4 Å². The first-order chi connectivity index (χ1) is 15.4. The molecule has 1 aromatic heterocycles. The Bertz CT molecular complexity index is 1110. The average Bonchev–Trinajstić information content (AvgIpc) is 3.10. The van der Waals surface area contributed by atoms with E-state index in [9.17, 15) is 9.59 Å². The number of aromatic nitrogens is 3. The molecule has 168 valence electrons. The number of para-hydroxylation sites is 2. The Kier molecular flexibility index (Phi) is 7.88. The fraction of sp³-hybridized carbons (Fsp3) is 0.304. The summed E-state index contributed by atoms with van der Waals surface area (Å²) in [6, 6.07) is 13.2. The summed E-state index contributed by atoms with van der Waals surface area (Å²) in [4.78, 5) is 24.9. The fourth-order valence-corrected chi connectivity index (χ4v) is 3.73. The fourth-order valence-electron chi connectivity index (χ4n) is 3.00. The molecular weight excluding hydrogens is 426 g/mol. The van der Waals surface area contributed by atoms with Crippen molar-refractivity contribution in [3.05, 3.63) is 59.4 Å². The topological polar surface area (TPSA) is 98.1 Å². The standard InChI is InChI=1S/C23H27N5O3S/c1-5-31-19-9-7-6-8-17(19)24-22(30)14-32-23-27-26-20(28(23)4)13-21(29)25-18-12-15(2)10-11-16(18)3/h6-12H,5,13-14H2,1-4H3,(H,24,30)(H,25,29). The summed E-state index contributed by atoms with van der Waals surface area (Å²) >= 11 is 1.25. The van der Waals surface area contributed by atoms with Crippen LogP contribution in [-0.2, 0) is 23.1 Å². The normalized spacial score (nSPS) is 10.6. The first kappa shape index (κ1) is 23.3. The molecule has 2 aromatic carbocycles. The molecule has 0 aliphatic rings. The molecule has 9 heteroatoms. The van der Waals surface area contributed by atoms with Crippen LogP contribution in [0.2, 0.25) is 0 Å². The number of hydrogen-bond donors (Lipinski definition) is 2. The zero-order valence-corrected chi connectivity index (χ0v) is 19.5. The van der Waals surface area contributed by atoms with E-state index in [2.05, 4.69) is 20.8 Å². The maximum atomic E-state index is 12.5. The van der Waals surface area contributed by atoms with Gasteiger partial charge in [-0.05, 0) is 50.1 Å². The average molecular weight is 454 g/mol. The van der Waals surface area contributed by atoms with Crippen molar-refractivity contribution in [1.29, 1.82) is 0 Å². The molecule has 0 aliphatic carbocycles. The van der Waals surface area contributed by atoms with E-state index >= 15 is 0 Å². The Hall–Kier alpha value is -3.33. The van der Waals surface area contributed by atoms with Gasteiger partial charge in [0, 0.05) is 12.7 Å². The summed E-state index contributed by atoms with van der Waals surface area (Å²) in [7, 11) is 1.78. The Labute approximate surface area is 191 Å². The zero-order chi connectivity index (χ0) is 23.1. The number of carbonyl (C=O) groups is 2. The molecule has 0 aliphatic heterocycles. The highest BCUT2D eigenvalue weighted by Gasteiger charge is 2.16. The first-order valence-corrected chi connectivity index (χ1v) is 11.3. The zero-order valence-electron chi connectivity index (χ0n) is 18.6. The molecule has 0 bridgehead atoms. The van der Waals surface area contributed by atoms with Crippen molar-refractivity contribution in [2.75, 3.05) is 23.0 Å². The lowest BCUT2D eigenvalue weighted by Crippen LogP contribution is -2.18. The molecule has 0 radical (unpaired) electrons. The maximum Gasteiger partial charge on any atom is 0.234 e. The van der Waals surface area contributed by atoms with Crippen molar-refractivity contribution < 1.29 is 14.3 Å². The minimum absolute atomic E-state index is 0.0887. The van der Waals surface area contributed by atoms with Gasteiger partial charge < -0.3 is 19.9 Å². The summed E-state index contributed by atoms with van der Waals surface area (Å²) in [6.07, 6.45) is 0.0887. The highest BCUT2D eigenvalue weighted by atomic mass is 32.2. The minimum Gasteiger partial charge on any atom is -0.492 e. The summed E-state index contributed by atoms with van der Waals surface area (Å²) in [5.74, 6) is 0.957. The SMILES string of the molecule is CCOc1ccccc1NC(=O)CSc1nnc(CC(=O)Nc2cc(C)ccc2C)n1C. The molecule has 0 atom stereocenters. The van der Waals surface area contributed by atoms with Crippen LogP contribution in [0, 0.1) is 13.8 Å². The van der Waals surface area contributed by atoms with Crippen LogP contribution in [0.4, 0.5) is 11.4 Å². The third-order valence-corrected chi connectivity index (χ3v) is 5.72. The van der Waals surface area contributed by atoms with Gasteiger partial charge in [-0.25, -0.2) is 0 Å². The van der Waals surface area contributed by atoms with E-state index in [1.54, 1.807) is 17.7 Å². The predicted molar refractivity (Wildman–Crippen MR) is 126 cm³/mol. The molecular formula is C23H27N5O3S. The van der Waals surface area contributed by atoms with Gasteiger partial charge in [0.05, 0.1) is 24.5 Å². The minimum atomic E-state index is -0.181. The number of thioether (sulfide) groups is 1. The van der Waals surface area contributed by atoms with Gasteiger partial charge in [-0.3, -0.25) is 9.59 Å². The quantitative estimate of drug-likeness (QED) is 0.479. The molecule has 3 rings (SSSR count). The van der Waals surface area contributed by atoms with Gasteiger partial charge in [0.15, 0.2) is 5.16 Å². The summed E-state index contributed by atoms with van der Waals surface area (Å²) in [5, 5.41) is 14.6. The van der Waals surface area contributed by atoms with Crippen molar-refractivity contribution in [3.63, 3.8) is 0 Å². The van der Waals surface area contributed by atoms with Crippen LogP contribution in [0.3, 0.4) is 0 Å². The van der Waals surface area contributed by atoms with Gasteiger partial charge in [0.2, 0.25) is 11.8 Å². The van der Waals surface area contributed by atoms with Crippen LogP contribution in [0.5, 0.6) is 5.75 Å². The first-order valence-electron chi connectivity index (χ1n) is 10.3. The van der Waals surface area contributed by atoms with Crippen LogP contribution in [0.25, 0.3) is 0 Å². The van der Waals surface area contributed by atoms with E-state index in [1.807, 2.05) is 57.2 Å². The predicted octanol–water partition coefficient (Wildman–Crippen LogP) is 3.74. The van der Waals surface area contributed by atoms with Crippen LogP contribution in [-0.4, -0.2) is 38.9 Å². The molecule has 32 heavy (non-hydrogen) atoms. The van der Waals surface area contributed by atoms with Crippen molar-refractivity contribution in [3.8, 4) is 5.75 Å². The number of carbonyl (C=O) groups excluding carboxylic acids is 2. The van der Waals surface area contributed by atoms with Crippen LogP contribution in [0.1, 0.15) is 23.9 Å². The number of ether oxygens (including phenoxy) is 1. The molecule has 0 fully saturated rings. The van der Waals surface area contributed by atoms with Gasteiger partial charge in [0.1, 0.15) is 11.6 Å². The molecule has 3 aromatic rings. The molecule has 0 saturated carbocycles. The molecule has 2 N–H and O–H groups in total. The monoisotopic (exact) mass is 453 g/mol. The molecule has 2 amide bonds. The smallest absolute Gasteiger partial charge is 0.234 e. The van der Waals surface area contributed by atoms with E-state index in [0.29, 0.717) is 29.0 Å². The second kappa shape index (κ2) is 10.8. The third kappa shape index (κ3) is 6.10. The molecule has 8 nitrogen and oxygen atoms in total. The Balaban J connectivity index is 1.56. The number of hydrogen-bond acceptors (Lipinski definition) is 6. The lowest BCUT2D eigenvalue weighted by Gasteiger charge is -2.11. The summed E-state index contributed by atoms with van der Waals surface area (Å²) in [6.45, 7) is 6.33. The van der Waals surface area contributed by atoms with E-state index in [0.717, 1.165) is 16.8 Å². The van der Waals surface area contributed by atoms with E-state index in [4.69, 9.17) is 4.74 Å². The van der Waals surface area contributed by atoms with Crippen molar-refractivity contribution in [1.82, 2.24) is 14.8 Å². The lowest BCUT2D eigenvalue weighted by molar-refractivity contribution is -0.116. The number of aryl methyl sites for hydroxylation is 2. The molecule has 1 heterocycles. The molecule has 0 saturated heterocycles. The number of benzene rings is 2. The second-order valence-corrected chi connectivity index (χ2v) is 8.21. The highest BCUT2D eigenvalue weighted by Crippen LogP contribution is 2.24. The van der Waals surface area contributed by atoms with Crippen molar-refractivity contribution in [2.24, 2.45) is 7.05 Å². The van der Waals surface area contributed by atoms with Crippen molar-refractivity contribution >= 4 is 35.0 Å². The number of rotatable bonds is 9. The Morgan fingerprint density at radius 3 is 2.56 bits per heavy atom. The van der Waals surface area contributed by atoms with Gasteiger partial charge in [-0.15, -0.1) is 10.2 Å². The Morgan fingerprint density at radius 2 is 1.78 bits per heavy atom. The van der Waals surface area contributed by atoms with Gasteiger partial charge in [0.25, 0.3) is 0 Å². The van der Waals surface area contributed by atoms with Crippen LogP contribution >= 0.6 is 11.8 Å². The largest absolute Gasteiger partial charge is 0.492 e.